The summed E-state index contributed by atoms with van der Waals surface area (Å²) in [5, 5.41) is 3.49. The van der Waals surface area contributed by atoms with Crippen LogP contribution in [0.1, 0.15) is 0 Å². The number of hydrogen-bond acceptors (Lipinski definition) is 5. The number of carbonyl (C=O) groups excluding carboxylic acids is 1. The molecule has 7 nitrogen and oxygen atoms in total. The molecule has 24 heavy (non-hydrogen) atoms. The van der Waals surface area contributed by atoms with E-state index in [2.05, 4.69) is 5.32 Å². The molecule has 1 amide bonds. The number of rotatable bonds is 7. The van der Waals surface area contributed by atoms with E-state index >= 15 is 0 Å². The Balaban J connectivity index is 1.87. The number of benzene rings is 1. The molecule has 1 N–H and O–H groups in total. The van der Waals surface area contributed by atoms with E-state index in [1.165, 1.54) is 16.4 Å². The van der Waals surface area contributed by atoms with Crippen molar-refractivity contribution in [3.05, 3.63) is 29.3 Å². The highest BCUT2D eigenvalue weighted by Crippen LogP contribution is 2.19. The molecule has 1 heterocycles. The SMILES string of the molecule is COCCNCC(=O)N1CCN(S(=O)(=O)c2ccc(Cl)cc2)CC1. The van der Waals surface area contributed by atoms with Crippen molar-refractivity contribution in [3.63, 3.8) is 0 Å². The number of halogens is 1. The second-order valence-electron chi connectivity index (χ2n) is 5.41. The molecular weight excluding hydrogens is 354 g/mol. The van der Waals surface area contributed by atoms with Crippen molar-refractivity contribution >= 4 is 27.5 Å². The van der Waals surface area contributed by atoms with Crippen molar-refractivity contribution < 1.29 is 17.9 Å². The first-order valence-electron chi connectivity index (χ1n) is 7.68. The van der Waals surface area contributed by atoms with E-state index in [0.29, 0.717) is 31.3 Å². The Hall–Kier alpha value is -1.19. The summed E-state index contributed by atoms with van der Waals surface area (Å²) >= 11 is 5.80. The topological polar surface area (TPSA) is 79.0 Å². The lowest BCUT2D eigenvalue weighted by Gasteiger charge is -2.34. The lowest BCUT2D eigenvalue weighted by Crippen LogP contribution is -2.52. The highest BCUT2D eigenvalue weighted by molar-refractivity contribution is 7.89. The summed E-state index contributed by atoms with van der Waals surface area (Å²) in [5.74, 6) is -0.0327. The second kappa shape index (κ2) is 8.77. The van der Waals surface area contributed by atoms with Crippen LogP contribution in [0.25, 0.3) is 0 Å². The van der Waals surface area contributed by atoms with Crippen LogP contribution in [0.3, 0.4) is 0 Å². The van der Waals surface area contributed by atoms with E-state index < -0.39 is 10.0 Å². The summed E-state index contributed by atoms with van der Waals surface area (Å²) in [6.45, 7) is 2.72. The summed E-state index contributed by atoms with van der Waals surface area (Å²) in [7, 11) is -1.95. The molecule has 0 radical (unpaired) electrons. The Bertz CT molecular complexity index is 643. The van der Waals surface area contributed by atoms with Gasteiger partial charge in [-0.05, 0) is 24.3 Å². The smallest absolute Gasteiger partial charge is 0.243 e. The van der Waals surface area contributed by atoms with Crippen LogP contribution in [0.5, 0.6) is 0 Å². The summed E-state index contributed by atoms with van der Waals surface area (Å²) < 4.78 is 31.4. The number of sulfonamides is 1. The van der Waals surface area contributed by atoms with Crippen LogP contribution in [-0.4, -0.2) is 76.5 Å². The van der Waals surface area contributed by atoms with Gasteiger partial charge in [-0.3, -0.25) is 4.79 Å². The van der Waals surface area contributed by atoms with Gasteiger partial charge >= 0.3 is 0 Å². The maximum atomic E-state index is 12.6. The first-order chi connectivity index (χ1) is 11.4. The van der Waals surface area contributed by atoms with Gasteiger partial charge in [-0.15, -0.1) is 0 Å². The maximum Gasteiger partial charge on any atom is 0.243 e. The molecule has 1 aromatic rings. The molecular formula is C15H22ClN3O4S. The monoisotopic (exact) mass is 375 g/mol. The van der Waals surface area contributed by atoms with Crippen molar-refractivity contribution in [3.8, 4) is 0 Å². The Labute approximate surface area is 147 Å². The fraction of sp³-hybridized carbons (Fsp3) is 0.533. The van der Waals surface area contributed by atoms with Crippen LogP contribution in [0, 0.1) is 0 Å². The Kier molecular flexibility index (Phi) is 7.00. The third-order valence-electron chi connectivity index (χ3n) is 3.80. The standard InChI is InChI=1S/C15H22ClN3O4S/c1-23-11-6-17-12-15(20)18-7-9-19(10-8-18)24(21,22)14-4-2-13(16)3-5-14/h2-5,17H,6-12H2,1H3. The van der Waals surface area contributed by atoms with Crippen molar-refractivity contribution in [1.82, 2.24) is 14.5 Å². The third-order valence-corrected chi connectivity index (χ3v) is 5.97. The fourth-order valence-corrected chi connectivity index (χ4v) is 3.96. The molecule has 0 aliphatic carbocycles. The Morgan fingerprint density at radius 3 is 2.42 bits per heavy atom. The van der Waals surface area contributed by atoms with Gasteiger partial charge in [0.15, 0.2) is 0 Å². The Morgan fingerprint density at radius 1 is 1.21 bits per heavy atom. The average molecular weight is 376 g/mol. The molecule has 1 saturated heterocycles. The van der Waals surface area contributed by atoms with Gasteiger partial charge in [0.25, 0.3) is 0 Å². The molecule has 134 valence electrons. The van der Waals surface area contributed by atoms with Gasteiger partial charge in [0.1, 0.15) is 0 Å². The molecule has 1 aliphatic rings. The molecule has 0 atom stereocenters. The van der Waals surface area contributed by atoms with E-state index in [-0.39, 0.29) is 30.4 Å². The molecule has 9 heteroatoms. The molecule has 0 unspecified atom stereocenters. The maximum absolute atomic E-state index is 12.6. The quantitative estimate of drug-likeness (QED) is 0.698. The van der Waals surface area contributed by atoms with E-state index in [9.17, 15) is 13.2 Å². The van der Waals surface area contributed by atoms with Crippen LogP contribution in [0.15, 0.2) is 29.2 Å². The number of nitrogens with zero attached hydrogens (tertiary/aromatic N) is 2. The first-order valence-corrected chi connectivity index (χ1v) is 9.50. The first kappa shape index (κ1) is 19.1. The van der Waals surface area contributed by atoms with Gasteiger partial charge in [0.05, 0.1) is 18.0 Å². The Morgan fingerprint density at radius 2 is 1.83 bits per heavy atom. The molecule has 0 saturated carbocycles. The third kappa shape index (κ3) is 4.90. The number of methoxy groups -OCH3 is 1. The predicted octanol–water partition coefficient (Wildman–Crippen LogP) is 0.409. The normalized spacial score (nSPS) is 16.3. The zero-order valence-electron chi connectivity index (χ0n) is 13.6. The van der Waals surface area contributed by atoms with Crippen molar-refractivity contribution in [1.29, 1.82) is 0 Å². The molecule has 0 spiro atoms. The molecule has 2 rings (SSSR count). The number of amides is 1. The average Bonchev–Trinajstić information content (AvgIpc) is 2.59. The molecule has 1 aromatic carbocycles. The summed E-state index contributed by atoms with van der Waals surface area (Å²) in [5.41, 5.74) is 0. The van der Waals surface area contributed by atoms with E-state index in [4.69, 9.17) is 16.3 Å². The largest absolute Gasteiger partial charge is 0.383 e. The van der Waals surface area contributed by atoms with Crippen LogP contribution in [-0.2, 0) is 19.6 Å². The molecule has 0 aromatic heterocycles. The van der Waals surface area contributed by atoms with Crippen LogP contribution in [0.2, 0.25) is 5.02 Å². The summed E-state index contributed by atoms with van der Waals surface area (Å²) in [4.78, 5) is 14.0. The van der Waals surface area contributed by atoms with Gasteiger partial charge in [-0.2, -0.15) is 4.31 Å². The van der Waals surface area contributed by atoms with Gasteiger partial charge in [-0.25, -0.2) is 8.42 Å². The highest BCUT2D eigenvalue weighted by Gasteiger charge is 2.29. The molecule has 1 aliphatic heterocycles. The van der Waals surface area contributed by atoms with Crippen molar-refractivity contribution in [2.75, 3.05) is 53.0 Å². The summed E-state index contributed by atoms with van der Waals surface area (Å²) in [6.07, 6.45) is 0. The van der Waals surface area contributed by atoms with Crippen molar-refractivity contribution in [2.45, 2.75) is 4.90 Å². The van der Waals surface area contributed by atoms with Gasteiger partial charge < -0.3 is 15.0 Å². The van der Waals surface area contributed by atoms with E-state index in [1.54, 1.807) is 24.1 Å². The number of hydrogen-bond donors (Lipinski definition) is 1. The second-order valence-corrected chi connectivity index (χ2v) is 7.78. The number of ether oxygens (including phenoxy) is 1. The lowest BCUT2D eigenvalue weighted by molar-refractivity contribution is -0.131. The minimum absolute atomic E-state index is 0.0327. The zero-order valence-corrected chi connectivity index (χ0v) is 15.1. The van der Waals surface area contributed by atoms with Gasteiger partial charge in [0.2, 0.25) is 15.9 Å². The van der Waals surface area contributed by atoms with Crippen LogP contribution < -0.4 is 5.32 Å². The number of nitrogens with one attached hydrogen (secondary N) is 1. The van der Waals surface area contributed by atoms with Gasteiger partial charge in [-0.1, -0.05) is 11.6 Å². The minimum atomic E-state index is -3.55. The number of carbonyl (C=O) groups is 1. The van der Waals surface area contributed by atoms with Crippen LogP contribution >= 0.6 is 11.6 Å². The van der Waals surface area contributed by atoms with Crippen molar-refractivity contribution in [2.24, 2.45) is 0 Å². The lowest BCUT2D eigenvalue weighted by atomic mass is 10.3. The number of piperazine rings is 1. The minimum Gasteiger partial charge on any atom is -0.383 e. The fourth-order valence-electron chi connectivity index (χ4n) is 2.41. The van der Waals surface area contributed by atoms with E-state index in [0.717, 1.165) is 0 Å². The zero-order chi connectivity index (χ0) is 17.6. The molecule has 1 fully saturated rings. The van der Waals surface area contributed by atoms with Crippen LogP contribution in [0.4, 0.5) is 0 Å². The predicted molar refractivity (Wildman–Crippen MR) is 91.5 cm³/mol. The summed E-state index contributed by atoms with van der Waals surface area (Å²) in [6, 6.07) is 6.10. The highest BCUT2D eigenvalue weighted by atomic mass is 35.5. The van der Waals surface area contributed by atoms with Gasteiger partial charge in [0, 0.05) is 44.9 Å². The van der Waals surface area contributed by atoms with E-state index in [1.807, 2.05) is 0 Å². The molecule has 0 bridgehead atoms.